The maximum atomic E-state index is 11.1. The summed E-state index contributed by atoms with van der Waals surface area (Å²) in [5, 5.41) is 19.3. The molecule has 1 amide bonds. The first-order chi connectivity index (χ1) is 6.39. The van der Waals surface area contributed by atoms with Crippen LogP contribution in [-0.2, 0) is 9.84 Å². The van der Waals surface area contributed by atoms with Gasteiger partial charge in [-0.1, -0.05) is 0 Å². The molecule has 0 aromatic carbocycles. The molecule has 0 aromatic heterocycles. The van der Waals surface area contributed by atoms with Crippen LogP contribution in [0.15, 0.2) is 0 Å². The first-order valence-corrected chi connectivity index (χ1v) is 5.84. The second kappa shape index (κ2) is 3.46. The van der Waals surface area contributed by atoms with Gasteiger partial charge in [0.05, 0.1) is 17.6 Å². The maximum absolute atomic E-state index is 11.1. The number of nitriles is 1. The molecular formula is C7H10N2O4S. The number of hydrogen-bond donors (Lipinski definition) is 2. The SMILES string of the molecule is N#CC1(NC(=O)O)CCS(=O)(=O)CC1. The number of amides is 1. The standard InChI is InChI=1S/C7H10N2O4S/c8-5-7(9-6(10)11)1-3-14(12,13)4-2-7/h9H,1-4H2,(H,10,11). The Balaban J connectivity index is 2.77. The summed E-state index contributed by atoms with van der Waals surface area (Å²) in [6.45, 7) is 0. The van der Waals surface area contributed by atoms with Crippen molar-refractivity contribution in [1.29, 1.82) is 5.26 Å². The molecule has 1 rings (SSSR count). The van der Waals surface area contributed by atoms with Gasteiger partial charge in [-0.15, -0.1) is 0 Å². The van der Waals surface area contributed by atoms with Gasteiger partial charge in [0, 0.05) is 0 Å². The van der Waals surface area contributed by atoms with Gasteiger partial charge in [0.2, 0.25) is 0 Å². The van der Waals surface area contributed by atoms with Crippen molar-refractivity contribution in [2.24, 2.45) is 0 Å². The molecule has 0 atom stereocenters. The van der Waals surface area contributed by atoms with Crippen LogP contribution in [0.1, 0.15) is 12.8 Å². The fraction of sp³-hybridized carbons (Fsp3) is 0.714. The van der Waals surface area contributed by atoms with Gasteiger partial charge in [0.25, 0.3) is 0 Å². The molecule has 1 aliphatic rings. The number of carbonyl (C=O) groups is 1. The Hall–Kier alpha value is -1.29. The second-order valence-corrected chi connectivity index (χ2v) is 5.58. The number of nitrogens with one attached hydrogen (secondary N) is 1. The van der Waals surface area contributed by atoms with Crippen molar-refractivity contribution >= 4 is 15.9 Å². The predicted molar refractivity (Wildman–Crippen MR) is 47.4 cm³/mol. The summed E-state index contributed by atoms with van der Waals surface area (Å²) < 4.78 is 22.1. The highest BCUT2D eigenvalue weighted by Gasteiger charge is 2.38. The average molecular weight is 218 g/mol. The van der Waals surface area contributed by atoms with E-state index in [4.69, 9.17) is 10.4 Å². The number of nitrogens with zero attached hydrogens (tertiary/aromatic N) is 1. The zero-order chi connectivity index (χ0) is 10.8. The van der Waals surface area contributed by atoms with Crippen molar-refractivity contribution in [1.82, 2.24) is 5.32 Å². The Labute approximate surface area is 81.4 Å². The van der Waals surface area contributed by atoms with Crippen molar-refractivity contribution in [2.45, 2.75) is 18.4 Å². The van der Waals surface area contributed by atoms with Crippen molar-refractivity contribution in [3.05, 3.63) is 0 Å². The summed E-state index contributed by atoms with van der Waals surface area (Å²) in [7, 11) is -3.08. The molecule has 0 saturated carbocycles. The molecule has 0 bridgehead atoms. The van der Waals surface area contributed by atoms with Crippen LogP contribution in [0.25, 0.3) is 0 Å². The van der Waals surface area contributed by atoms with E-state index in [9.17, 15) is 13.2 Å². The first kappa shape index (κ1) is 10.8. The lowest BCUT2D eigenvalue weighted by Crippen LogP contribution is -2.51. The molecule has 1 fully saturated rings. The third kappa shape index (κ3) is 2.35. The highest BCUT2D eigenvalue weighted by Crippen LogP contribution is 2.22. The minimum atomic E-state index is -3.08. The summed E-state index contributed by atoms with van der Waals surface area (Å²) in [5.41, 5.74) is -1.23. The Bertz CT molecular complexity index is 367. The molecule has 14 heavy (non-hydrogen) atoms. The van der Waals surface area contributed by atoms with Crippen LogP contribution < -0.4 is 5.32 Å². The van der Waals surface area contributed by atoms with Crippen LogP contribution in [0.3, 0.4) is 0 Å². The van der Waals surface area contributed by atoms with Crippen LogP contribution >= 0.6 is 0 Å². The van der Waals surface area contributed by atoms with E-state index in [2.05, 4.69) is 5.32 Å². The van der Waals surface area contributed by atoms with E-state index in [0.717, 1.165) is 0 Å². The lowest BCUT2D eigenvalue weighted by molar-refractivity contribution is 0.182. The maximum Gasteiger partial charge on any atom is 0.405 e. The molecule has 0 aromatic rings. The van der Waals surface area contributed by atoms with E-state index in [1.807, 2.05) is 6.07 Å². The van der Waals surface area contributed by atoms with Crippen molar-refractivity contribution < 1.29 is 18.3 Å². The zero-order valence-corrected chi connectivity index (χ0v) is 8.17. The molecule has 1 aliphatic heterocycles. The third-order valence-corrected chi connectivity index (χ3v) is 3.89. The fourth-order valence-corrected chi connectivity index (χ4v) is 2.88. The molecule has 2 N–H and O–H groups in total. The Kier molecular flexibility index (Phi) is 2.66. The normalized spacial score (nSPS) is 23.4. The predicted octanol–water partition coefficient (Wildman–Crippen LogP) is -0.275. The summed E-state index contributed by atoms with van der Waals surface area (Å²) in [6, 6.07) is 1.83. The van der Waals surface area contributed by atoms with Gasteiger partial charge in [-0.05, 0) is 12.8 Å². The van der Waals surface area contributed by atoms with Crippen LogP contribution in [0, 0.1) is 11.3 Å². The topological polar surface area (TPSA) is 107 Å². The number of rotatable bonds is 1. The highest BCUT2D eigenvalue weighted by atomic mass is 32.2. The minimum Gasteiger partial charge on any atom is -0.465 e. The van der Waals surface area contributed by atoms with Crippen molar-refractivity contribution in [3.63, 3.8) is 0 Å². The molecular weight excluding hydrogens is 208 g/mol. The third-order valence-electron chi connectivity index (χ3n) is 2.24. The second-order valence-electron chi connectivity index (χ2n) is 3.28. The van der Waals surface area contributed by atoms with Gasteiger partial charge in [0.15, 0.2) is 9.84 Å². The number of sulfone groups is 1. The fourth-order valence-electron chi connectivity index (χ4n) is 1.36. The van der Waals surface area contributed by atoms with E-state index in [1.54, 1.807) is 0 Å². The largest absolute Gasteiger partial charge is 0.465 e. The van der Waals surface area contributed by atoms with Crippen LogP contribution in [0.5, 0.6) is 0 Å². The van der Waals surface area contributed by atoms with Gasteiger partial charge in [-0.2, -0.15) is 5.26 Å². The number of hydrogen-bond acceptors (Lipinski definition) is 4. The van der Waals surface area contributed by atoms with E-state index < -0.39 is 21.5 Å². The van der Waals surface area contributed by atoms with E-state index in [1.165, 1.54) is 0 Å². The zero-order valence-electron chi connectivity index (χ0n) is 7.36. The van der Waals surface area contributed by atoms with E-state index >= 15 is 0 Å². The molecule has 1 heterocycles. The molecule has 1 saturated heterocycles. The van der Waals surface area contributed by atoms with E-state index in [0.29, 0.717) is 0 Å². The summed E-state index contributed by atoms with van der Waals surface area (Å²) in [4.78, 5) is 10.4. The molecule has 7 heteroatoms. The number of carboxylic acid groups (broad SMARTS) is 1. The quantitative estimate of drug-likeness (QED) is 0.629. The summed E-state index contributed by atoms with van der Waals surface area (Å²) in [6.07, 6.45) is -1.25. The average Bonchev–Trinajstić information content (AvgIpc) is 2.09. The molecule has 6 nitrogen and oxygen atoms in total. The monoisotopic (exact) mass is 218 g/mol. The molecule has 0 spiro atoms. The van der Waals surface area contributed by atoms with Gasteiger partial charge < -0.3 is 10.4 Å². The Morgan fingerprint density at radius 2 is 1.93 bits per heavy atom. The van der Waals surface area contributed by atoms with Crippen molar-refractivity contribution in [2.75, 3.05) is 11.5 Å². The van der Waals surface area contributed by atoms with Gasteiger partial charge in [-0.3, -0.25) is 0 Å². The smallest absolute Gasteiger partial charge is 0.405 e. The molecule has 78 valence electrons. The Morgan fingerprint density at radius 1 is 1.43 bits per heavy atom. The molecule has 0 aliphatic carbocycles. The summed E-state index contributed by atoms with van der Waals surface area (Å²) in [5.74, 6) is -0.276. The summed E-state index contributed by atoms with van der Waals surface area (Å²) >= 11 is 0. The lowest BCUT2D eigenvalue weighted by Gasteiger charge is -2.29. The van der Waals surface area contributed by atoms with Crippen LogP contribution in [-0.4, -0.2) is 36.7 Å². The van der Waals surface area contributed by atoms with E-state index in [-0.39, 0.29) is 24.3 Å². The highest BCUT2D eigenvalue weighted by molar-refractivity contribution is 7.91. The molecule has 0 radical (unpaired) electrons. The Morgan fingerprint density at radius 3 is 2.29 bits per heavy atom. The van der Waals surface area contributed by atoms with Crippen LogP contribution in [0.2, 0.25) is 0 Å². The minimum absolute atomic E-state index is 0.0259. The van der Waals surface area contributed by atoms with Gasteiger partial charge in [0.1, 0.15) is 5.54 Å². The molecule has 0 unspecified atom stereocenters. The van der Waals surface area contributed by atoms with Crippen LogP contribution in [0.4, 0.5) is 4.79 Å². The lowest BCUT2D eigenvalue weighted by atomic mass is 9.94. The van der Waals surface area contributed by atoms with Gasteiger partial charge >= 0.3 is 6.09 Å². The van der Waals surface area contributed by atoms with Gasteiger partial charge in [-0.25, -0.2) is 13.2 Å². The first-order valence-electron chi connectivity index (χ1n) is 4.02. The van der Waals surface area contributed by atoms with Crippen molar-refractivity contribution in [3.8, 4) is 6.07 Å².